The first-order valence-corrected chi connectivity index (χ1v) is 4.83. The zero-order chi connectivity index (χ0) is 11.1. The van der Waals surface area contributed by atoms with E-state index in [1.165, 1.54) is 0 Å². The van der Waals surface area contributed by atoms with Gasteiger partial charge in [-0.05, 0) is 20.8 Å². The summed E-state index contributed by atoms with van der Waals surface area (Å²) in [4.78, 5) is 4.34. The molecule has 3 heteroatoms. The average Bonchev–Trinajstić information content (AvgIpc) is 2.27. The lowest BCUT2D eigenvalue weighted by atomic mass is 9.97. The summed E-state index contributed by atoms with van der Waals surface area (Å²) in [6.45, 7) is 11.4. The molecule has 0 fully saturated rings. The molecule has 0 aromatic carbocycles. The van der Waals surface area contributed by atoms with Crippen molar-refractivity contribution in [3.63, 3.8) is 0 Å². The molecule has 0 aliphatic rings. The summed E-state index contributed by atoms with van der Waals surface area (Å²) < 4.78 is 5.53. The maximum atomic E-state index is 9.83. The lowest BCUT2D eigenvalue weighted by molar-refractivity contribution is 0.0728. The molecule has 1 heterocycles. The van der Waals surface area contributed by atoms with Gasteiger partial charge < -0.3 is 9.52 Å². The molecule has 0 radical (unpaired) electrons. The number of aliphatic hydroxyl groups is 1. The number of aromatic nitrogens is 1. The van der Waals surface area contributed by atoms with Crippen molar-refractivity contribution >= 4 is 0 Å². The molecule has 0 amide bonds. The van der Waals surface area contributed by atoms with Crippen LogP contribution >= 0.6 is 0 Å². The van der Waals surface area contributed by atoms with Crippen LogP contribution in [0.4, 0.5) is 0 Å². The Morgan fingerprint density at radius 2 is 1.64 bits per heavy atom. The second kappa shape index (κ2) is 3.09. The van der Waals surface area contributed by atoms with Crippen molar-refractivity contribution in [2.75, 3.05) is 0 Å². The Kier molecular flexibility index (Phi) is 2.48. The van der Waals surface area contributed by atoms with E-state index < -0.39 is 5.60 Å². The maximum Gasteiger partial charge on any atom is 0.200 e. The molecule has 80 valence electrons. The molecule has 1 aromatic heterocycles. The van der Waals surface area contributed by atoms with Crippen LogP contribution in [0.25, 0.3) is 0 Å². The fraction of sp³-hybridized carbons (Fsp3) is 0.727. The highest BCUT2D eigenvalue weighted by atomic mass is 16.4. The third-order valence-electron chi connectivity index (χ3n) is 2.02. The van der Waals surface area contributed by atoms with E-state index in [1.807, 2.05) is 27.7 Å². The summed E-state index contributed by atoms with van der Waals surface area (Å²) in [5.41, 5.74) is -0.423. The fourth-order valence-corrected chi connectivity index (χ4v) is 1.28. The number of nitrogens with zero attached hydrogens (tertiary/aromatic N) is 1. The van der Waals surface area contributed by atoms with Crippen molar-refractivity contribution in [1.29, 1.82) is 0 Å². The summed E-state index contributed by atoms with van der Waals surface area (Å²) in [6, 6.07) is 0. The highest BCUT2D eigenvalue weighted by Crippen LogP contribution is 2.28. The topological polar surface area (TPSA) is 46.3 Å². The molecule has 0 unspecified atom stereocenters. The van der Waals surface area contributed by atoms with Gasteiger partial charge in [-0.25, -0.2) is 4.98 Å². The van der Waals surface area contributed by atoms with Crippen LogP contribution < -0.4 is 0 Å². The van der Waals surface area contributed by atoms with E-state index >= 15 is 0 Å². The Balaban J connectivity index is 3.19. The van der Waals surface area contributed by atoms with Gasteiger partial charge in [0.05, 0.1) is 0 Å². The highest BCUT2D eigenvalue weighted by Gasteiger charge is 2.28. The Labute approximate surface area is 85.2 Å². The van der Waals surface area contributed by atoms with E-state index in [-0.39, 0.29) is 5.41 Å². The predicted molar refractivity (Wildman–Crippen MR) is 55.2 cm³/mol. The van der Waals surface area contributed by atoms with E-state index in [0.29, 0.717) is 17.3 Å². The largest absolute Gasteiger partial charge is 0.445 e. The Morgan fingerprint density at radius 3 is 1.86 bits per heavy atom. The quantitative estimate of drug-likeness (QED) is 0.752. The molecule has 0 aliphatic carbocycles. The molecule has 1 rings (SSSR count). The Bertz CT molecular complexity index is 326. The molecule has 0 saturated carbocycles. The Hall–Kier alpha value is -0.830. The molecule has 0 bridgehead atoms. The SMILES string of the molecule is Cc1oc(C(C)(C)C)nc1C(C)(C)O. The number of rotatable bonds is 1. The molecule has 0 aliphatic heterocycles. The lowest BCUT2D eigenvalue weighted by Gasteiger charge is -2.14. The minimum Gasteiger partial charge on any atom is -0.445 e. The molecule has 3 nitrogen and oxygen atoms in total. The van der Waals surface area contributed by atoms with E-state index in [0.717, 1.165) is 0 Å². The number of hydrogen-bond donors (Lipinski definition) is 1. The molecule has 0 atom stereocenters. The summed E-state index contributed by atoms with van der Waals surface area (Å²) in [5, 5.41) is 9.83. The zero-order valence-electron chi connectivity index (χ0n) is 9.80. The van der Waals surface area contributed by atoms with Crippen LogP contribution in [0.5, 0.6) is 0 Å². The van der Waals surface area contributed by atoms with Gasteiger partial charge in [0.1, 0.15) is 17.1 Å². The van der Waals surface area contributed by atoms with Gasteiger partial charge in [0, 0.05) is 5.41 Å². The molecule has 14 heavy (non-hydrogen) atoms. The molecular formula is C11H19NO2. The zero-order valence-corrected chi connectivity index (χ0v) is 9.80. The first-order valence-electron chi connectivity index (χ1n) is 4.83. The first kappa shape index (κ1) is 11.2. The third-order valence-corrected chi connectivity index (χ3v) is 2.02. The summed E-state index contributed by atoms with van der Waals surface area (Å²) >= 11 is 0. The van der Waals surface area contributed by atoms with Crippen molar-refractivity contribution < 1.29 is 9.52 Å². The van der Waals surface area contributed by atoms with Crippen molar-refractivity contribution in [3.05, 3.63) is 17.3 Å². The molecule has 1 N–H and O–H groups in total. The van der Waals surface area contributed by atoms with Gasteiger partial charge in [-0.2, -0.15) is 0 Å². The van der Waals surface area contributed by atoms with E-state index in [4.69, 9.17) is 4.42 Å². The minimum atomic E-state index is -0.933. The lowest BCUT2D eigenvalue weighted by Crippen LogP contribution is -2.18. The van der Waals surface area contributed by atoms with Gasteiger partial charge in [0.2, 0.25) is 0 Å². The van der Waals surface area contributed by atoms with Crippen molar-refractivity contribution in [1.82, 2.24) is 4.98 Å². The normalized spacial score (nSPS) is 13.4. The third kappa shape index (κ3) is 2.15. The van der Waals surface area contributed by atoms with Crippen LogP contribution in [0.15, 0.2) is 4.42 Å². The molecule has 0 spiro atoms. The van der Waals surface area contributed by atoms with Gasteiger partial charge in [-0.1, -0.05) is 20.8 Å². The number of oxazole rings is 1. The average molecular weight is 197 g/mol. The molecule has 1 aromatic rings. The smallest absolute Gasteiger partial charge is 0.200 e. The van der Waals surface area contributed by atoms with E-state index in [2.05, 4.69) is 4.98 Å². The number of hydrogen-bond acceptors (Lipinski definition) is 3. The van der Waals surface area contributed by atoms with Gasteiger partial charge in [0.25, 0.3) is 0 Å². The second-order valence-corrected chi connectivity index (χ2v) is 5.23. The van der Waals surface area contributed by atoms with Crippen molar-refractivity contribution in [2.24, 2.45) is 0 Å². The first-order chi connectivity index (χ1) is 6.12. The van der Waals surface area contributed by atoms with E-state index in [1.54, 1.807) is 13.8 Å². The van der Waals surface area contributed by atoms with Gasteiger partial charge >= 0.3 is 0 Å². The van der Waals surface area contributed by atoms with Crippen molar-refractivity contribution in [2.45, 2.75) is 52.6 Å². The predicted octanol–water partition coefficient (Wildman–Crippen LogP) is 2.51. The Morgan fingerprint density at radius 1 is 1.14 bits per heavy atom. The number of aryl methyl sites for hydroxylation is 1. The summed E-state index contributed by atoms with van der Waals surface area (Å²) in [7, 11) is 0. The van der Waals surface area contributed by atoms with Crippen molar-refractivity contribution in [3.8, 4) is 0 Å². The summed E-state index contributed by atoms with van der Waals surface area (Å²) in [6.07, 6.45) is 0. The van der Waals surface area contributed by atoms with Gasteiger partial charge in [-0.15, -0.1) is 0 Å². The molecular weight excluding hydrogens is 178 g/mol. The van der Waals surface area contributed by atoms with Crippen LogP contribution in [0, 0.1) is 6.92 Å². The fourth-order valence-electron chi connectivity index (χ4n) is 1.28. The maximum absolute atomic E-state index is 9.83. The second-order valence-electron chi connectivity index (χ2n) is 5.23. The standard InChI is InChI=1S/C11H19NO2/c1-7-8(11(5,6)13)12-9(14-7)10(2,3)4/h13H,1-6H3. The monoisotopic (exact) mass is 197 g/mol. The van der Waals surface area contributed by atoms with Gasteiger partial charge in [-0.3, -0.25) is 0 Å². The molecule has 0 saturated heterocycles. The highest BCUT2D eigenvalue weighted by molar-refractivity contribution is 5.17. The van der Waals surface area contributed by atoms with Crippen LogP contribution in [-0.2, 0) is 11.0 Å². The minimum absolute atomic E-state index is 0.117. The summed E-state index contributed by atoms with van der Waals surface area (Å²) in [5.74, 6) is 1.37. The van der Waals surface area contributed by atoms with Crippen LogP contribution in [0.3, 0.4) is 0 Å². The van der Waals surface area contributed by atoms with Crippen LogP contribution in [0.1, 0.15) is 52.0 Å². The van der Waals surface area contributed by atoms with Crippen LogP contribution in [0.2, 0.25) is 0 Å². The van der Waals surface area contributed by atoms with Gasteiger partial charge in [0.15, 0.2) is 5.89 Å². The van der Waals surface area contributed by atoms with E-state index in [9.17, 15) is 5.11 Å². The van der Waals surface area contributed by atoms with Crippen LogP contribution in [-0.4, -0.2) is 10.1 Å².